The third-order valence-electron chi connectivity index (χ3n) is 4.09. The Hall–Kier alpha value is -2.20. The summed E-state index contributed by atoms with van der Waals surface area (Å²) in [4.78, 5) is 9.00. The third-order valence-corrected chi connectivity index (χ3v) is 4.09. The van der Waals surface area contributed by atoms with Crippen molar-refractivity contribution >= 4 is 11.0 Å². The van der Waals surface area contributed by atoms with Crippen LogP contribution >= 0.6 is 0 Å². The zero-order valence-electron chi connectivity index (χ0n) is 12.1. The van der Waals surface area contributed by atoms with Crippen LogP contribution in [0.3, 0.4) is 0 Å². The molecule has 4 heteroatoms. The van der Waals surface area contributed by atoms with Crippen LogP contribution in [0.5, 0.6) is 0 Å². The van der Waals surface area contributed by atoms with Crippen LogP contribution in [0.15, 0.2) is 36.7 Å². The van der Waals surface area contributed by atoms with Gasteiger partial charge in [-0.1, -0.05) is 19.1 Å². The average Bonchev–Trinajstić information content (AvgIpc) is 3.11. The molecule has 4 rings (SSSR count). The lowest BCUT2D eigenvalue weighted by Crippen LogP contribution is -2.00. The minimum absolute atomic E-state index is 0.957. The number of fused-ring (bicyclic) bond motifs is 2. The summed E-state index contributed by atoms with van der Waals surface area (Å²) >= 11 is 0. The van der Waals surface area contributed by atoms with E-state index in [1.807, 2.05) is 12.4 Å². The molecule has 1 aromatic carbocycles. The molecule has 2 aromatic heterocycles. The van der Waals surface area contributed by atoms with Gasteiger partial charge in [0.15, 0.2) is 0 Å². The van der Waals surface area contributed by atoms with Gasteiger partial charge in [0.25, 0.3) is 0 Å². The number of hydrogen-bond acceptors (Lipinski definition) is 3. The van der Waals surface area contributed by atoms with Gasteiger partial charge in [0.2, 0.25) is 0 Å². The second-order valence-corrected chi connectivity index (χ2v) is 5.54. The topological polar surface area (TPSA) is 42.7 Å². The van der Waals surface area contributed by atoms with Crippen molar-refractivity contribution in [3.63, 3.8) is 0 Å². The van der Waals surface area contributed by atoms with Crippen molar-refractivity contribution in [2.45, 2.75) is 33.0 Å². The average molecular weight is 278 g/mol. The molecule has 0 saturated heterocycles. The molecule has 0 fully saturated rings. The zero-order valence-corrected chi connectivity index (χ0v) is 12.1. The summed E-state index contributed by atoms with van der Waals surface area (Å²) in [6, 6.07) is 8.73. The van der Waals surface area contributed by atoms with E-state index < -0.39 is 0 Å². The first kappa shape index (κ1) is 12.5. The van der Waals surface area contributed by atoms with Crippen molar-refractivity contribution in [3.05, 3.63) is 47.8 Å². The molecule has 0 radical (unpaired) electrons. The number of benzene rings is 1. The van der Waals surface area contributed by atoms with E-state index in [-0.39, 0.29) is 0 Å². The van der Waals surface area contributed by atoms with E-state index >= 15 is 0 Å². The molecule has 21 heavy (non-hydrogen) atoms. The van der Waals surface area contributed by atoms with Gasteiger partial charge in [0.05, 0.1) is 11.7 Å². The van der Waals surface area contributed by atoms with Crippen molar-refractivity contribution in [3.8, 4) is 11.4 Å². The third kappa shape index (κ3) is 2.03. The molecule has 106 valence electrons. The smallest absolute Gasteiger partial charge is 0.141 e. The number of pyridine rings is 1. The monoisotopic (exact) mass is 278 g/mol. The van der Waals surface area contributed by atoms with Gasteiger partial charge in [0.1, 0.15) is 11.3 Å². The van der Waals surface area contributed by atoms with E-state index in [0.717, 1.165) is 37.4 Å². The molecule has 0 atom stereocenters. The largest absolute Gasteiger partial charge is 0.324 e. The lowest BCUT2D eigenvalue weighted by Gasteiger charge is -2.09. The Morgan fingerprint density at radius 1 is 1.19 bits per heavy atom. The van der Waals surface area contributed by atoms with Crippen LogP contribution in [0, 0.1) is 0 Å². The number of hydrogen-bond donors (Lipinski definition) is 1. The Labute approximate surface area is 123 Å². The van der Waals surface area contributed by atoms with Crippen molar-refractivity contribution in [2.24, 2.45) is 0 Å². The van der Waals surface area contributed by atoms with Crippen LogP contribution in [-0.2, 0) is 19.6 Å². The maximum atomic E-state index is 4.81. The maximum absolute atomic E-state index is 4.81. The van der Waals surface area contributed by atoms with E-state index in [2.05, 4.69) is 46.1 Å². The summed E-state index contributed by atoms with van der Waals surface area (Å²) in [5, 5.41) is 3.40. The molecule has 0 aliphatic carbocycles. The van der Waals surface area contributed by atoms with Gasteiger partial charge >= 0.3 is 0 Å². The molecule has 0 unspecified atom stereocenters. The second kappa shape index (κ2) is 4.97. The first-order valence-corrected chi connectivity index (χ1v) is 7.50. The van der Waals surface area contributed by atoms with Crippen molar-refractivity contribution in [2.75, 3.05) is 0 Å². The van der Waals surface area contributed by atoms with E-state index in [0.29, 0.717) is 0 Å². The van der Waals surface area contributed by atoms with Crippen molar-refractivity contribution in [1.29, 1.82) is 0 Å². The number of nitrogens with one attached hydrogen (secondary N) is 1. The summed E-state index contributed by atoms with van der Waals surface area (Å²) in [5.74, 6) is 1.05. The normalized spacial score (nSPS) is 13.8. The Bertz CT molecular complexity index is 804. The summed E-state index contributed by atoms with van der Waals surface area (Å²) < 4.78 is 2.31. The molecule has 4 nitrogen and oxygen atoms in total. The Balaban J connectivity index is 1.91. The Morgan fingerprint density at radius 2 is 2.10 bits per heavy atom. The fourth-order valence-corrected chi connectivity index (χ4v) is 3.09. The predicted octanol–water partition coefficient (Wildman–Crippen LogP) is 3.11. The molecule has 3 heterocycles. The van der Waals surface area contributed by atoms with Crippen LogP contribution in [-0.4, -0.2) is 14.5 Å². The van der Waals surface area contributed by atoms with Crippen LogP contribution in [0.25, 0.3) is 22.4 Å². The Kier molecular flexibility index (Phi) is 2.97. The number of aromatic nitrogens is 3. The standard InChI is InChI=1S/C17H18N4/c1-2-7-21-16-5-6-18-11-15(16)20-17(21)12-3-4-13-9-19-10-14(13)8-12/h3-6,8,11,19H,2,7,9-10H2,1H3. The summed E-state index contributed by atoms with van der Waals surface area (Å²) in [6.45, 7) is 5.11. The molecule has 0 saturated carbocycles. The molecular formula is C17H18N4. The fourth-order valence-electron chi connectivity index (χ4n) is 3.09. The van der Waals surface area contributed by atoms with Crippen LogP contribution in [0.1, 0.15) is 24.5 Å². The van der Waals surface area contributed by atoms with Crippen molar-refractivity contribution in [1.82, 2.24) is 19.9 Å². The first-order valence-electron chi connectivity index (χ1n) is 7.50. The van der Waals surface area contributed by atoms with Crippen LogP contribution in [0.4, 0.5) is 0 Å². The number of nitrogens with zero attached hydrogens (tertiary/aromatic N) is 3. The van der Waals surface area contributed by atoms with Crippen LogP contribution < -0.4 is 5.32 Å². The minimum Gasteiger partial charge on any atom is -0.324 e. The Morgan fingerprint density at radius 3 is 3.00 bits per heavy atom. The number of imidazole rings is 1. The van der Waals surface area contributed by atoms with E-state index in [4.69, 9.17) is 4.98 Å². The lowest BCUT2D eigenvalue weighted by atomic mass is 10.1. The molecule has 1 aliphatic rings. The van der Waals surface area contributed by atoms with Gasteiger partial charge in [-0.05, 0) is 29.7 Å². The lowest BCUT2D eigenvalue weighted by molar-refractivity contribution is 0.704. The first-order chi connectivity index (χ1) is 10.4. The molecule has 1 aliphatic heterocycles. The van der Waals surface area contributed by atoms with Gasteiger partial charge < -0.3 is 9.88 Å². The molecular weight excluding hydrogens is 260 g/mol. The van der Waals surface area contributed by atoms with Gasteiger partial charge in [-0.3, -0.25) is 4.98 Å². The zero-order chi connectivity index (χ0) is 14.2. The fraction of sp³-hybridized carbons (Fsp3) is 0.294. The summed E-state index contributed by atoms with van der Waals surface area (Å²) in [5.41, 5.74) is 6.13. The van der Waals surface area contributed by atoms with Crippen LogP contribution in [0.2, 0.25) is 0 Å². The highest BCUT2D eigenvalue weighted by atomic mass is 15.1. The molecule has 3 aromatic rings. The molecule has 0 spiro atoms. The minimum atomic E-state index is 0.957. The van der Waals surface area contributed by atoms with Gasteiger partial charge in [-0.15, -0.1) is 0 Å². The van der Waals surface area contributed by atoms with Crippen molar-refractivity contribution < 1.29 is 0 Å². The highest BCUT2D eigenvalue weighted by Crippen LogP contribution is 2.27. The number of rotatable bonds is 3. The SMILES string of the molecule is CCCn1c(-c2ccc3c(c2)CNC3)nc2cnccc21. The summed E-state index contributed by atoms with van der Waals surface area (Å²) in [7, 11) is 0. The van der Waals surface area contributed by atoms with Gasteiger partial charge in [-0.2, -0.15) is 0 Å². The maximum Gasteiger partial charge on any atom is 0.141 e. The highest BCUT2D eigenvalue weighted by Gasteiger charge is 2.15. The van der Waals surface area contributed by atoms with E-state index in [1.165, 1.54) is 22.2 Å². The number of aryl methyl sites for hydroxylation is 1. The molecule has 0 amide bonds. The quantitative estimate of drug-likeness (QED) is 0.800. The predicted molar refractivity (Wildman–Crippen MR) is 83.8 cm³/mol. The molecule has 1 N–H and O–H groups in total. The van der Waals surface area contributed by atoms with E-state index in [9.17, 15) is 0 Å². The summed E-state index contributed by atoms with van der Waals surface area (Å²) in [6.07, 6.45) is 4.78. The second-order valence-electron chi connectivity index (χ2n) is 5.54. The van der Waals surface area contributed by atoms with E-state index in [1.54, 1.807) is 0 Å². The highest BCUT2D eigenvalue weighted by molar-refractivity contribution is 5.80. The van der Waals surface area contributed by atoms with Gasteiger partial charge in [0, 0.05) is 31.4 Å². The molecule has 0 bridgehead atoms. The van der Waals surface area contributed by atoms with Gasteiger partial charge in [-0.25, -0.2) is 4.98 Å².